The van der Waals surface area contributed by atoms with Crippen LogP contribution in [-0.4, -0.2) is 24.4 Å². The van der Waals surface area contributed by atoms with Gasteiger partial charge in [-0.3, -0.25) is 4.99 Å². The third kappa shape index (κ3) is 2.91. The summed E-state index contributed by atoms with van der Waals surface area (Å²) in [6.45, 7) is 0. The molecule has 27 heavy (non-hydrogen) atoms. The molecule has 0 amide bonds. The molecule has 4 aromatic carbocycles. The third-order valence-corrected chi connectivity index (χ3v) is 4.59. The van der Waals surface area contributed by atoms with E-state index in [9.17, 15) is 9.90 Å². The summed E-state index contributed by atoms with van der Waals surface area (Å²) in [6.07, 6.45) is 1.60. The maximum absolute atomic E-state index is 12.0. The normalized spacial score (nSPS) is 11.3. The Morgan fingerprint density at radius 1 is 0.852 bits per heavy atom. The fraction of sp³-hybridized carbons (Fsp3) is 0.0435. The van der Waals surface area contributed by atoms with Crippen molar-refractivity contribution in [1.82, 2.24) is 0 Å². The number of aromatic hydroxyl groups is 1. The van der Waals surface area contributed by atoms with E-state index in [2.05, 4.69) is 4.99 Å². The van der Waals surface area contributed by atoms with E-state index in [1.165, 1.54) is 7.11 Å². The monoisotopic (exact) mass is 355 g/mol. The number of carbonyl (C=O) groups is 1. The lowest BCUT2D eigenvalue weighted by molar-refractivity contribution is 0.0601. The van der Waals surface area contributed by atoms with Gasteiger partial charge in [-0.15, -0.1) is 0 Å². The first-order valence-corrected chi connectivity index (χ1v) is 8.54. The number of phenolic OH excluding ortho intramolecular Hbond substituents is 1. The zero-order valence-electron chi connectivity index (χ0n) is 14.7. The smallest absolute Gasteiger partial charge is 0.340 e. The van der Waals surface area contributed by atoms with Gasteiger partial charge in [0.1, 0.15) is 5.75 Å². The van der Waals surface area contributed by atoms with Gasteiger partial charge in [0.2, 0.25) is 0 Å². The lowest BCUT2D eigenvalue weighted by Crippen LogP contribution is -2.01. The van der Waals surface area contributed by atoms with Crippen molar-refractivity contribution >= 4 is 39.4 Å². The molecule has 0 atom stereocenters. The molecule has 4 rings (SSSR count). The van der Waals surface area contributed by atoms with Crippen molar-refractivity contribution in [3.8, 4) is 5.75 Å². The van der Waals surface area contributed by atoms with Crippen molar-refractivity contribution in [3.05, 3.63) is 83.9 Å². The molecule has 0 unspecified atom stereocenters. The highest BCUT2D eigenvalue weighted by Gasteiger charge is 2.13. The number of esters is 1. The molecule has 0 spiro atoms. The average molecular weight is 355 g/mol. The Balaban J connectivity index is 1.94. The third-order valence-electron chi connectivity index (χ3n) is 4.59. The lowest BCUT2D eigenvalue weighted by Gasteiger charge is -2.11. The van der Waals surface area contributed by atoms with Crippen molar-refractivity contribution < 1.29 is 14.6 Å². The topological polar surface area (TPSA) is 58.9 Å². The number of hydrogen-bond acceptors (Lipinski definition) is 4. The molecule has 0 aromatic heterocycles. The number of benzene rings is 4. The second-order valence-electron chi connectivity index (χ2n) is 6.12. The fourth-order valence-corrected chi connectivity index (χ4v) is 3.28. The summed E-state index contributed by atoms with van der Waals surface area (Å²) in [5.41, 5.74) is 1.48. The van der Waals surface area contributed by atoms with Crippen LogP contribution >= 0.6 is 0 Å². The van der Waals surface area contributed by atoms with Gasteiger partial charge in [-0.2, -0.15) is 0 Å². The van der Waals surface area contributed by atoms with Crippen LogP contribution in [0.3, 0.4) is 0 Å². The van der Waals surface area contributed by atoms with E-state index in [1.54, 1.807) is 30.5 Å². The Labute approximate surface area is 156 Å². The van der Waals surface area contributed by atoms with Gasteiger partial charge in [0.15, 0.2) is 0 Å². The summed E-state index contributed by atoms with van der Waals surface area (Å²) >= 11 is 0. The van der Waals surface area contributed by atoms with E-state index in [0.29, 0.717) is 16.8 Å². The van der Waals surface area contributed by atoms with E-state index in [4.69, 9.17) is 4.74 Å². The average Bonchev–Trinajstić information content (AvgIpc) is 2.73. The summed E-state index contributed by atoms with van der Waals surface area (Å²) in [6, 6.07) is 22.6. The lowest BCUT2D eigenvalue weighted by atomic mass is 9.96. The van der Waals surface area contributed by atoms with Crippen LogP contribution in [0.1, 0.15) is 15.9 Å². The molecule has 0 fully saturated rings. The van der Waals surface area contributed by atoms with Gasteiger partial charge >= 0.3 is 5.97 Å². The number of fused-ring (bicyclic) bond motifs is 3. The predicted molar refractivity (Wildman–Crippen MR) is 108 cm³/mol. The van der Waals surface area contributed by atoms with Crippen LogP contribution in [0.4, 0.5) is 5.69 Å². The van der Waals surface area contributed by atoms with Crippen molar-refractivity contribution in [2.45, 2.75) is 0 Å². The molecular formula is C23H17NO3. The molecule has 0 heterocycles. The Hall–Kier alpha value is -3.66. The van der Waals surface area contributed by atoms with Crippen LogP contribution in [0.15, 0.2) is 77.8 Å². The number of rotatable bonds is 3. The van der Waals surface area contributed by atoms with Crippen molar-refractivity contribution in [2.24, 2.45) is 4.99 Å². The van der Waals surface area contributed by atoms with E-state index < -0.39 is 5.97 Å². The van der Waals surface area contributed by atoms with Crippen LogP contribution in [0.5, 0.6) is 5.75 Å². The van der Waals surface area contributed by atoms with E-state index in [1.807, 2.05) is 48.5 Å². The Morgan fingerprint density at radius 2 is 1.41 bits per heavy atom. The Morgan fingerprint density at radius 3 is 2.11 bits per heavy atom. The Kier molecular flexibility index (Phi) is 4.30. The quantitative estimate of drug-likeness (QED) is 0.311. The number of ether oxygens (including phenoxy) is 1. The zero-order valence-corrected chi connectivity index (χ0v) is 14.7. The fourth-order valence-electron chi connectivity index (χ4n) is 3.28. The SMILES string of the molecule is COC(=O)c1ccccc1N=Cc1c(O)c2ccccc2c2ccccc12. The highest BCUT2D eigenvalue weighted by molar-refractivity contribution is 6.17. The second-order valence-corrected chi connectivity index (χ2v) is 6.12. The summed E-state index contributed by atoms with van der Waals surface area (Å²) in [4.78, 5) is 16.4. The van der Waals surface area contributed by atoms with Gasteiger partial charge in [0.25, 0.3) is 0 Å². The Bertz CT molecular complexity index is 1190. The van der Waals surface area contributed by atoms with Gasteiger partial charge in [-0.05, 0) is 28.3 Å². The number of methoxy groups -OCH3 is 1. The largest absolute Gasteiger partial charge is 0.507 e. The maximum atomic E-state index is 12.0. The first kappa shape index (κ1) is 16.8. The van der Waals surface area contributed by atoms with Gasteiger partial charge in [-0.1, -0.05) is 60.7 Å². The van der Waals surface area contributed by atoms with Crippen LogP contribution < -0.4 is 0 Å². The van der Waals surface area contributed by atoms with Gasteiger partial charge in [-0.25, -0.2) is 4.79 Å². The molecule has 0 saturated carbocycles. The van der Waals surface area contributed by atoms with E-state index in [0.717, 1.165) is 21.5 Å². The minimum absolute atomic E-state index is 0.170. The first-order valence-electron chi connectivity index (χ1n) is 8.54. The van der Waals surface area contributed by atoms with Crippen molar-refractivity contribution in [2.75, 3.05) is 7.11 Å². The highest BCUT2D eigenvalue weighted by atomic mass is 16.5. The number of para-hydroxylation sites is 1. The van der Waals surface area contributed by atoms with Crippen molar-refractivity contribution in [1.29, 1.82) is 0 Å². The predicted octanol–water partition coefficient (Wildman–Crippen LogP) is 5.24. The minimum atomic E-state index is -0.449. The molecule has 0 bridgehead atoms. The molecular weight excluding hydrogens is 338 g/mol. The summed E-state index contributed by atoms with van der Waals surface area (Å²) < 4.78 is 4.82. The van der Waals surface area contributed by atoms with Crippen LogP contribution in [0, 0.1) is 0 Å². The minimum Gasteiger partial charge on any atom is -0.507 e. The van der Waals surface area contributed by atoms with E-state index >= 15 is 0 Å². The number of hydrogen-bond donors (Lipinski definition) is 1. The molecule has 0 aliphatic carbocycles. The summed E-state index contributed by atoms with van der Waals surface area (Å²) in [5, 5.41) is 14.5. The van der Waals surface area contributed by atoms with Gasteiger partial charge in [0, 0.05) is 17.2 Å². The summed E-state index contributed by atoms with van der Waals surface area (Å²) in [7, 11) is 1.34. The van der Waals surface area contributed by atoms with Crippen LogP contribution in [-0.2, 0) is 4.74 Å². The number of phenols is 1. The molecule has 4 heteroatoms. The summed E-state index contributed by atoms with van der Waals surface area (Å²) in [5.74, 6) is -0.279. The number of nitrogens with zero attached hydrogens (tertiary/aromatic N) is 1. The molecule has 0 aliphatic heterocycles. The van der Waals surface area contributed by atoms with E-state index in [-0.39, 0.29) is 5.75 Å². The number of aliphatic imine (C=N–C) groups is 1. The van der Waals surface area contributed by atoms with Crippen LogP contribution in [0.2, 0.25) is 0 Å². The molecule has 0 saturated heterocycles. The molecule has 0 aliphatic rings. The van der Waals surface area contributed by atoms with Crippen LogP contribution in [0.25, 0.3) is 21.5 Å². The van der Waals surface area contributed by atoms with Gasteiger partial charge < -0.3 is 9.84 Å². The molecule has 4 aromatic rings. The first-order chi connectivity index (χ1) is 13.2. The molecule has 4 nitrogen and oxygen atoms in total. The second kappa shape index (κ2) is 6.92. The molecule has 1 N–H and O–H groups in total. The van der Waals surface area contributed by atoms with Crippen molar-refractivity contribution in [3.63, 3.8) is 0 Å². The highest BCUT2D eigenvalue weighted by Crippen LogP contribution is 2.36. The zero-order chi connectivity index (χ0) is 18.8. The standard InChI is InChI=1S/C23H17NO3/c1-27-23(26)19-12-6-7-13-21(19)24-14-20-17-10-3-2-8-15(17)16-9-4-5-11-18(16)22(20)25/h2-14,25H,1H3. The maximum Gasteiger partial charge on any atom is 0.340 e. The number of carbonyl (C=O) groups excluding carboxylic acids is 1. The molecule has 132 valence electrons. The van der Waals surface area contributed by atoms with Gasteiger partial charge in [0.05, 0.1) is 18.4 Å². The molecule has 0 radical (unpaired) electrons.